The van der Waals surface area contributed by atoms with Gasteiger partial charge in [-0.05, 0) is 17.7 Å². The third-order valence-electron chi connectivity index (χ3n) is 1.35. The minimum Gasteiger partial charge on any atom is -0.0840 e. The molecule has 0 atom stereocenters. The second-order valence-corrected chi connectivity index (χ2v) is 3.69. The van der Waals surface area contributed by atoms with Crippen molar-refractivity contribution in [1.29, 1.82) is 0 Å². The summed E-state index contributed by atoms with van der Waals surface area (Å²) < 4.78 is 0. The Hall–Kier alpha value is 0.180. The highest BCUT2D eigenvalue weighted by molar-refractivity contribution is 7.79. The maximum absolute atomic E-state index is 5.85. The highest BCUT2D eigenvalue weighted by Gasteiger charge is 2.04. The SMILES string of the molecule is S=[C]Cc1cc(Cl)c(Cl)cc1Cl. The largest absolute Gasteiger partial charge is 0.0840 e. The summed E-state index contributed by atoms with van der Waals surface area (Å²) in [7, 11) is 0. The van der Waals surface area contributed by atoms with Crippen LogP contribution in [0, 0.1) is 0 Å². The first-order valence-corrected chi connectivity index (χ1v) is 4.68. The molecule has 0 aliphatic rings. The van der Waals surface area contributed by atoms with E-state index in [1.54, 1.807) is 12.1 Å². The van der Waals surface area contributed by atoms with E-state index in [1.165, 1.54) is 0 Å². The Bertz CT molecular complexity index is 309. The molecule has 1 aromatic rings. The van der Waals surface area contributed by atoms with Crippen LogP contribution in [0.4, 0.5) is 0 Å². The summed E-state index contributed by atoms with van der Waals surface area (Å²) in [6, 6.07) is 3.30. The van der Waals surface area contributed by atoms with Crippen LogP contribution < -0.4 is 0 Å². The van der Waals surface area contributed by atoms with Gasteiger partial charge in [0, 0.05) is 16.8 Å². The first kappa shape index (κ1) is 10.3. The van der Waals surface area contributed by atoms with E-state index in [4.69, 9.17) is 34.8 Å². The molecule has 0 unspecified atom stereocenters. The van der Waals surface area contributed by atoms with Crippen LogP contribution in [0.1, 0.15) is 5.56 Å². The van der Waals surface area contributed by atoms with E-state index in [1.807, 2.05) is 0 Å². The third kappa shape index (κ3) is 2.33. The fraction of sp³-hybridized carbons (Fsp3) is 0.125. The topological polar surface area (TPSA) is 0 Å². The molecular weight excluding hydrogens is 235 g/mol. The Balaban J connectivity index is 3.13. The Kier molecular flexibility index (Phi) is 3.78. The number of hydrogen-bond donors (Lipinski definition) is 0. The van der Waals surface area contributed by atoms with Crippen molar-refractivity contribution in [2.75, 3.05) is 0 Å². The molecule has 1 aromatic carbocycles. The molecule has 63 valence electrons. The summed E-state index contributed by atoms with van der Waals surface area (Å²) in [5, 5.41) is 4.08. The van der Waals surface area contributed by atoms with Gasteiger partial charge in [0.1, 0.15) is 0 Å². The van der Waals surface area contributed by atoms with E-state index < -0.39 is 0 Å². The summed E-state index contributed by atoms with van der Waals surface area (Å²) in [5.74, 6) is 0. The van der Waals surface area contributed by atoms with Gasteiger partial charge in [-0.15, -0.1) is 0 Å². The van der Waals surface area contributed by atoms with Crippen molar-refractivity contribution in [3.63, 3.8) is 0 Å². The summed E-state index contributed by atoms with van der Waals surface area (Å²) in [4.78, 5) is 0. The van der Waals surface area contributed by atoms with Gasteiger partial charge < -0.3 is 0 Å². The molecule has 0 aliphatic heterocycles. The van der Waals surface area contributed by atoms with E-state index in [2.05, 4.69) is 17.6 Å². The molecule has 1 radical (unpaired) electrons. The molecule has 0 saturated carbocycles. The van der Waals surface area contributed by atoms with E-state index in [-0.39, 0.29) is 0 Å². The fourth-order valence-corrected chi connectivity index (χ4v) is 1.57. The van der Waals surface area contributed by atoms with Crippen molar-refractivity contribution in [3.05, 3.63) is 32.8 Å². The summed E-state index contributed by atoms with van der Waals surface area (Å²) >= 11 is 21.9. The zero-order valence-corrected chi connectivity index (χ0v) is 8.99. The standard InChI is InChI=1S/C8H4Cl3S/c9-6-4-8(11)7(10)3-5(6)1-2-12/h3-4H,1H2. The molecule has 0 fully saturated rings. The fourth-order valence-electron chi connectivity index (χ4n) is 0.777. The molecule has 0 heterocycles. The zero-order chi connectivity index (χ0) is 9.14. The van der Waals surface area contributed by atoms with E-state index in [9.17, 15) is 0 Å². The van der Waals surface area contributed by atoms with Gasteiger partial charge in [-0.25, -0.2) is 0 Å². The van der Waals surface area contributed by atoms with Crippen molar-refractivity contribution in [1.82, 2.24) is 0 Å². The summed E-state index contributed by atoms with van der Waals surface area (Å²) in [6.45, 7) is 0. The summed E-state index contributed by atoms with van der Waals surface area (Å²) in [6.07, 6.45) is 0.505. The predicted octanol–water partition coefficient (Wildman–Crippen LogP) is 4.07. The van der Waals surface area contributed by atoms with Crippen LogP contribution >= 0.6 is 47.0 Å². The van der Waals surface area contributed by atoms with Crippen molar-refractivity contribution in [2.45, 2.75) is 6.42 Å². The molecule has 0 saturated heterocycles. The van der Waals surface area contributed by atoms with E-state index in [0.29, 0.717) is 21.5 Å². The molecule has 12 heavy (non-hydrogen) atoms. The Morgan fingerprint density at radius 2 is 1.67 bits per heavy atom. The lowest BCUT2D eigenvalue weighted by Gasteiger charge is -2.02. The van der Waals surface area contributed by atoms with Crippen LogP contribution in [0.2, 0.25) is 15.1 Å². The molecule has 0 spiro atoms. The Labute approximate surface area is 91.4 Å². The van der Waals surface area contributed by atoms with Crippen molar-refractivity contribution in [2.24, 2.45) is 0 Å². The minimum atomic E-state index is 0.454. The van der Waals surface area contributed by atoms with E-state index in [0.717, 1.165) is 5.56 Å². The molecule has 0 N–H and O–H groups in total. The number of thiocarbonyl (C=S) groups is 1. The average Bonchev–Trinajstić information content (AvgIpc) is 2.01. The van der Waals surface area contributed by atoms with Crippen LogP contribution in [0.25, 0.3) is 0 Å². The van der Waals surface area contributed by atoms with Crippen LogP contribution in [-0.4, -0.2) is 5.37 Å². The van der Waals surface area contributed by atoms with Gasteiger partial charge in [-0.1, -0.05) is 47.0 Å². The molecule has 0 aromatic heterocycles. The smallest absolute Gasteiger partial charge is 0.0607 e. The van der Waals surface area contributed by atoms with Crippen LogP contribution in [0.5, 0.6) is 0 Å². The van der Waals surface area contributed by atoms with Crippen LogP contribution in [0.15, 0.2) is 12.1 Å². The van der Waals surface area contributed by atoms with Crippen molar-refractivity contribution in [3.8, 4) is 0 Å². The Morgan fingerprint density at radius 3 is 2.25 bits per heavy atom. The van der Waals surface area contributed by atoms with Crippen molar-refractivity contribution < 1.29 is 0 Å². The second-order valence-electron chi connectivity index (χ2n) is 2.18. The highest BCUT2D eigenvalue weighted by atomic mass is 35.5. The molecule has 1 rings (SSSR count). The summed E-state index contributed by atoms with van der Waals surface area (Å²) in [5.41, 5.74) is 0.848. The number of rotatable bonds is 2. The van der Waals surface area contributed by atoms with Gasteiger partial charge >= 0.3 is 0 Å². The average molecular weight is 239 g/mol. The number of halogens is 3. The monoisotopic (exact) mass is 237 g/mol. The van der Waals surface area contributed by atoms with Gasteiger partial charge in [0.25, 0.3) is 0 Å². The number of benzene rings is 1. The predicted molar refractivity (Wildman–Crippen MR) is 57.8 cm³/mol. The maximum atomic E-state index is 5.85. The quantitative estimate of drug-likeness (QED) is 0.553. The van der Waals surface area contributed by atoms with E-state index >= 15 is 0 Å². The molecule has 4 heteroatoms. The maximum Gasteiger partial charge on any atom is 0.0607 e. The zero-order valence-electron chi connectivity index (χ0n) is 5.90. The first-order chi connectivity index (χ1) is 5.65. The molecule has 0 bridgehead atoms. The third-order valence-corrected chi connectivity index (χ3v) is 2.57. The lowest BCUT2D eigenvalue weighted by Crippen LogP contribution is -1.86. The lowest BCUT2D eigenvalue weighted by atomic mass is 10.2. The van der Waals surface area contributed by atoms with Gasteiger partial charge in [-0.3, -0.25) is 0 Å². The molecular formula is C8H4Cl3S. The molecule has 0 aliphatic carbocycles. The van der Waals surface area contributed by atoms with Gasteiger partial charge in [0.15, 0.2) is 0 Å². The molecule has 0 amide bonds. The van der Waals surface area contributed by atoms with Crippen LogP contribution in [-0.2, 0) is 6.42 Å². The van der Waals surface area contributed by atoms with Crippen molar-refractivity contribution >= 4 is 52.4 Å². The number of hydrogen-bond acceptors (Lipinski definition) is 1. The normalized spacial score (nSPS) is 9.92. The highest BCUT2D eigenvalue weighted by Crippen LogP contribution is 2.28. The van der Waals surface area contributed by atoms with Crippen LogP contribution in [0.3, 0.4) is 0 Å². The first-order valence-electron chi connectivity index (χ1n) is 3.13. The van der Waals surface area contributed by atoms with Gasteiger partial charge in [0.05, 0.1) is 10.0 Å². The molecule has 0 nitrogen and oxygen atoms in total. The van der Waals surface area contributed by atoms with Gasteiger partial charge in [-0.2, -0.15) is 0 Å². The Morgan fingerprint density at radius 1 is 1.08 bits per heavy atom. The van der Waals surface area contributed by atoms with Gasteiger partial charge in [0.2, 0.25) is 0 Å². The lowest BCUT2D eigenvalue weighted by molar-refractivity contribution is 1.38. The minimum absolute atomic E-state index is 0.454. The second kappa shape index (κ2) is 4.43.